The van der Waals surface area contributed by atoms with Crippen molar-refractivity contribution in [2.24, 2.45) is 0 Å². The Kier molecular flexibility index (Phi) is 6.45. The molecule has 2 N–H and O–H groups in total. The Morgan fingerprint density at radius 2 is 1.80 bits per heavy atom. The van der Waals surface area contributed by atoms with Crippen LogP contribution in [0.2, 0.25) is 0 Å². The number of Topliss-reactive ketones (excluding diaryl/α,β-unsaturated/α-hetero) is 1. The average Bonchev–Trinajstić information content (AvgIpc) is 3.35. The number of thioether (sulfide) groups is 1. The number of aromatic nitrogens is 2. The van der Waals surface area contributed by atoms with Gasteiger partial charge >= 0.3 is 5.69 Å². The quantitative estimate of drug-likeness (QED) is 0.484. The number of carbonyl (C=O) groups excluding carboxylic acids is 2. The first-order valence-corrected chi connectivity index (χ1v) is 12.4. The smallest absolute Gasteiger partial charge is 0.328 e. The molecule has 3 heterocycles. The number of aromatic amines is 1. The highest BCUT2D eigenvalue weighted by Gasteiger charge is 2.19. The summed E-state index contributed by atoms with van der Waals surface area (Å²) in [5.74, 6) is 2.22. The number of H-pyrrole nitrogens is 1. The largest absolute Gasteiger partial charge is 0.454 e. The van der Waals surface area contributed by atoms with E-state index >= 15 is 0 Å². The molecule has 35 heavy (non-hydrogen) atoms. The molecular weight excluding hydrogens is 470 g/mol. The van der Waals surface area contributed by atoms with Gasteiger partial charge < -0.3 is 14.8 Å². The zero-order valence-electron chi connectivity index (χ0n) is 18.8. The number of nitrogens with one attached hydrogen (secondary N) is 2. The Hall–Kier alpha value is -3.79. The lowest BCUT2D eigenvalue weighted by atomic mass is 10.0. The highest BCUT2D eigenvalue weighted by molar-refractivity contribution is 7.98. The van der Waals surface area contributed by atoms with Crippen molar-refractivity contribution < 1.29 is 19.1 Å². The van der Waals surface area contributed by atoms with E-state index in [4.69, 9.17) is 9.47 Å². The summed E-state index contributed by atoms with van der Waals surface area (Å²) in [5, 5.41) is 2.63. The third-order valence-electron chi connectivity index (χ3n) is 6.06. The van der Waals surface area contributed by atoms with E-state index in [9.17, 15) is 19.2 Å². The number of amides is 1. The van der Waals surface area contributed by atoms with Gasteiger partial charge in [0.2, 0.25) is 12.7 Å². The second-order valence-corrected chi connectivity index (χ2v) is 9.34. The molecule has 0 bridgehead atoms. The molecule has 2 aliphatic heterocycles. The van der Waals surface area contributed by atoms with Crippen LogP contribution in [0, 0.1) is 0 Å². The fourth-order valence-electron chi connectivity index (χ4n) is 4.18. The van der Waals surface area contributed by atoms with Crippen LogP contribution in [-0.2, 0) is 23.5 Å². The molecule has 2 aliphatic rings. The molecule has 5 rings (SSSR count). The maximum Gasteiger partial charge on any atom is 0.328 e. The van der Waals surface area contributed by atoms with Crippen LogP contribution >= 0.6 is 11.8 Å². The number of benzene rings is 2. The number of ketones is 1. The molecule has 0 fully saturated rings. The predicted octanol–water partition coefficient (Wildman–Crippen LogP) is 2.11. The van der Waals surface area contributed by atoms with Gasteiger partial charge in [0.25, 0.3) is 5.56 Å². The Morgan fingerprint density at radius 1 is 1.03 bits per heavy atom. The van der Waals surface area contributed by atoms with Crippen molar-refractivity contribution in [3.63, 3.8) is 0 Å². The van der Waals surface area contributed by atoms with E-state index in [1.54, 1.807) is 23.9 Å². The van der Waals surface area contributed by atoms with Gasteiger partial charge in [-0.25, -0.2) is 4.79 Å². The topological polar surface area (TPSA) is 119 Å². The summed E-state index contributed by atoms with van der Waals surface area (Å²) in [6.45, 7) is 0.214. The number of carbonyl (C=O) groups is 2. The molecule has 0 atom stereocenters. The van der Waals surface area contributed by atoms with Gasteiger partial charge in [-0.05, 0) is 35.4 Å². The molecule has 0 aliphatic carbocycles. The van der Waals surface area contributed by atoms with Gasteiger partial charge in [0, 0.05) is 35.5 Å². The fraction of sp³-hybridized carbons (Fsp3) is 0.280. The zero-order valence-corrected chi connectivity index (χ0v) is 19.6. The van der Waals surface area contributed by atoms with Gasteiger partial charge in [-0.3, -0.25) is 23.9 Å². The van der Waals surface area contributed by atoms with E-state index in [-0.39, 0.29) is 43.6 Å². The highest BCUT2D eigenvalue weighted by atomic mass is 32.2. The number of hydrogen-bond donors (Lipinski definition) is 2. The Labute approximate surface area is 204 Å². The van der Waals surface area contributed by atoms with Gasteiger partial charge in [0.05, 0.1) is 6.54 Å². The molecule has 0 saturated heterocycles. The molecule has 3 aromatic rings. The lowest BCUT2D eigenvalue weighted by Gasteiger charge is -2.19. The number of nitrogens with zero attached hydrogens (tertiary/aromatic N) is 1. The monoisotopic (exact) mass is 493 g/mol. The van der Waals surface area contributed by atoms with E-state index in [1.165, 1.54) is 4.57 Å². The first-order chi connectivity index (χ1) is 17.0. The van der Waals surface area contributed by atoms with Crippen molar-refractivity contribution in [2.45, 2.75) is 25.1 Å². The second kappa shape index (κ2) is 9.83. The first kappa shape index (κ1) is 23.0. The minimum absolute atomic E-state index is 0.0296. The van der Waals surface area contributed by atoms with E-state index in [1.807, 2.05) is 30.3 Å². The van der Waals surface area contributed by atoms with Crippen LogP contribution in [0.3, 0.4) is 0 Å². The van der Waals surface area contributed by atoms with Crippen LogP contribution in [-0.4, -0.2) is 40.3 Å². The van der Waals surface area contributed by atoms with Crippen LogP contribution in [0.4, 0.5) is 0 Å². The second-order valence-electron chi connectivity index (χ2n) is 8.23. The minimum atomic E-state index is -0.507. The predicted molar refractivity (Wildman–Crippen MR) is 131 cm³/mol. The van der Waals surface area contributed by atoms with Crippen molar-refractivity contribution in [3.05, 3.63) is 80.1 Å². The Bertz CT molecular complexity index is 1410. The summed E-state index contributed by atoms with van der Waals surface area (Å²) in [7, 11) is 0. The summed E-state index contributed by atoms with van der Waals surface area (Å²) in [6.07, 6.45) is 0.642. The summed E-state index contributed by atoms with van der Waals surface area (Å²) >= 11 is 1.64. The lowest BCUT2D eigenvalue weighted by molar-refractivity contribution is -0.121. The molecule has 0 saturated carbocycles. The van der Waals surface area contributed by atoms with Gasteiger partial charge in [0.15, 0.2) is 17.3 Å². The number of rotatable bonds is 7. The Balaban J connectivity index is 1.17. The van der Waals surface area contributed by atoms with Crippen molar-refractivity contribution in [2.75, 3.05) is 19.1 Å². The van der Waals surface area contributed by atoms with E-state index in [0.717, 1.165) is 16.9 Å². The number of fused-ring (bicyclic) bond motifs is 2. The minimum Gasteiger partial charge on any atom is -0.454 e. The van der Waals surface area contributed by atoms with Gasteiger partial charge in [-0.1, -0.05) is 30.3 Å². The van der Waals surface area contributed by atoms with E-state index in [0.29, 0.717) is 40.5 Å². The zero-order chi connectivity index (χ0) is 24.4. The Morgan fingerprint density at radius 3 is 2.63 bits per heavy atom. The number of hydrogen-bond acceptors (Lipinski definition) is 7. The third-order valence-corrected chi connectivity index (χ3v) is 7.05. The summed E-state index contributed by atoms with van der Waals surface area (Å²) in [5.41, 5.74) is 2.79. The molecule has 0 unspecified atom stereocenters. The molecule has 0 spiro atoms. The van der Waals surface area contributed by atoms with Crippen LogP contribution in [0.1, 0.15) is 28.0 Å². The molecule has 2 aromatic carbocycles. The van der Waals surface area contributed by atoms with Crippen LogP contribution in [0.5, 0.6) is 11.5 Å². The van der Waals surface area contributed by atoms with Crippen LogP contribution in [0.15, 0.2) is 52.1 Å². The summed E-state index contributed by atoms with van der Waals surface area (Å²) < 4.78 is 12.2. The maximum absolute atomic E-state index is 12.6. The van der Waals surface area contributed by atoms with Gasteiger partial charge in [-0.2, -0.15) is 11.8 Å². The van der Waals surface area contributed by atoms with Crippen molar-refractivity contribution in [3.8, 4) is 22.6 Å². The lowest BCUT2D eigenvalue weighted by Crippen LogP contribution is -2.38. The molecule has 1 amide bonds. The molecule has 180 valence electrons. The normalized spacial score (nSPS) is 13.8. The molecule has 9 nitrogen and oxygen atoms in total. The number of ether oxygens (including phenoxy) is 2. The molecule has 10 heteroatoms. The molecular formula is C25H23N3O6S. The van der Waals surface area contributed by atoms with Gasteiger partial charge in [-0.15, -0.1) is 0 Å². The average molecular weight is 494 g/mol. The van der Waals surface area contributed by atoms with Crippen LogP contribution in [0.25, 0.3) is 11.1 Å². The maximum atomic E-state index is 12.6. The van der Waals surface area contributed by atoms with Crippen molar-refractivity contribution >= 4 is 23.5 Å². The van der Waals surface area contributed by atoms with E-state index < -0.39 is 5.69 Å². The summed E-state index contributed by atoms with van der Waals surface area (Å²) in [4.78, 5) is 51.5. The van der Waals surface area contributed by atoms with Gasteiger partial charge in [0.1, 0.15) is 0 Å². The van der Waals surface area contributed by atoms with Crippen LogP contribution < -0.4 is 26.0 Å². The SMILES string of the molecule is O=C(CCn1c2c(c(=O)[nH]c1=O)CSCC2)NCC(=O)c1ccc(-c2ccc3c(c2)OCO3)cc1. The molecule has 0 radical (unpaired) electrons. The fourth-order valence-corrected chi connectivity index (χ4v) is 5.16. The standard InChI is InChI=1S/C25H23N3O6S/c29-20(16-3-1-15(2-4-16)17-5-6-21-22(11-17)34-14-33-21)12-26-23(30)7-9-28-19-8-10-35-13-18(19)24(31)27-25(28)32/h1-6,11H,7-10,12-14H2,(H,26,30)(H,27,31,32). The highest BCUT2D eigenvalue weighted by Crippen LogP contribution is 2.35. The molecule has 1 aromatic heterocycles. The summed E-state index contributed by atoms with van der Waals surface area (Å²) in [6, 6.07) is 12.8. The van der Waals surface area contributed by atoms with Crippen molar-refractivity contribution in [1.29, 1.82) is 0 Å². The van der Waals surface area contributed by atoms with E-state index in [2.05, 4.69) is 10.3 Å². The van der Waals surface area contributed by atoms with Crippen molar-refractivity contribution in [1.82, 2.24) is 14.9 Å². The third kappa shape index (κ3) is 4.88. The first-order valence-electron chi connectivity index (χ1n) is 11.2.